The number of piperazine rings is 1. The lowest BCUT2D eigenvalue weighted by molar-refractivity contribution is -0.153. The van der Waals surface area contributed by atoms with Crippen LogP contribution in [0.15, 0.2) is 12.1 Å². The van der Waals surface area contributed by atoms with Crippen LogP contribution in [0.2, 0.25) is 0 Å². The van der Waals surface area contributed by atoms with Crippen molar-refractivity contribution in [2.24, 2.45) is 0 Å². The molecule has 0 aliphatic carbocycles. The van der Waals surface area contributed by atoms with Crippen molar-refractivity contribution < 1.29 is 31.1 Å². The molecule has 0 spiro atoms. The van der Waals surface area contributed by atoms with Gasteiger partial charge in [0.25, 0.3) is 10.2 Å². The van der Waals surface area contributed by atoms with Crippen molar-refractivity contribution in [3.63, 3.8) is 0 Å². The molecule has 0 saturated carbocycles. The molecule has 1 unspecified atom stereocenters. The summed E-state index contributed by atoms with van der Waals surface area (Å²) in [5.41, 5.74) is 0.0916. The zero-order chi connectivity index (χ0) is 26.3. The summed E-state index contributed by atoms with van der Waals surface area (Å²) in [5, 5.41) is 0. The van der Waals surface area contributed by atoms with E-state index in [-0.39, 0.29) is 30.8 Å². The number of nitrogens with zero attached hydrogens (tertiary/aromatic N) is 5. The van der Waals surface area contributed by atoms with E-state index in [1.54, 1.807) is 12.1 Å². The minimum Gasteiger partial charge on any atom is -0.472 e. The van der Waals surface area contributed by atoms with Crippen molar-refractivity contribution in [1.29, 1.82) is 0 Å². The third kappa shape index (κ3) is 6.00. The molecular formula is C23H36F3N5O4S. The number of aromatic nitrogens is 1. The number of halogens is 3. The number of anilines is 2. The van der Waals surface area contributed by atoms with Gasteiger partial charge < -0.3 is 19.3 Å². The lowest BCUT2D eigenvalue weighted by Gasteiger charge is -2.43. The van der Waals surface area contributed by atoms with Crippen LogP contribution in [0.4, 0.5) is 24.7 Å². The topological polar surface area (TPSA) is 78.5 Å². The first-order chi connectivity index (χ1) is 16.8. The van der Waals surface area contributed by atoms with Crippen LogP contribution in [0.5, 0.6) is 5.88 Å². The summed E-state index contributed by atoms with van der Waals surface area (Å²) in [5.74, 6) is 0.340. The van der Waals surface area contributed by atoms with E-state index in [2.05, 4.69) is 9.88 Å². The van der Waals surface area contributed by atoms with Crippen molar-refractivity contribution in [3.8, 4) is 5.88 Å². The molecule has 3 aliphatic rings. The summed E-state index contributed by atoms with van der Waals surface area (Å²) in [7, 11) is -3.95. The highest BCUT2D eigenvalue weighted by Gasteiger charge is 2.50. The fourth-order valence-corrected chi connectivity index (χ4v) is 6.56. The van der Waals surface area contributed by atoms with Crippen molar-refractivity contribution in [1.82, 2.24) is 13.6 Å². The molecule has 36 heavy (non-hydrogen) atoms. The Morgan fingerprint density at radius 3 is 2.31 bits per heavy atom. The Morgan fingerprint density at radius 1 is 1.00 bits per heavy atom. The smallest absolute Gasteiger partial charge is 0.410 e. The van der Waals surface area contributed by atoms with Gasteiger partial charge in [-0.15, -0.1) is 0 Å². The fourth-order valence-electron chi connectivity index (χ4n) is 4.87. The zero-order valence-corrected chi connectivity index (χ0v) is 22.1. The Bertz CT molecular complexity index is 1030. The van der Waals surface area contributed by atoms with E-state index in [0.29, 0.717) is 38.5 Å². The van der Waals surface area contributed by atoms with Crippen LogP contribution in [-0.2, 0) is 14.9 Å². The molecule has 1 aromatic rings. The van der Waals surface area contributed by atoms with Crippen LogP contribution in [0.1, 0.15) is 40.5 Å². The van der Waals surface area contributed by atoms with Crippen LogP contribution in [0.3, 0.4) is 0 Å². The zero-order valence-electron chi connectivity index (χ0n) is 21.3. The van der Waals surface area contributed by atoms with Gasteiger partial charge in [-0.1, -0.05) is 0 Å². The van der Waals surface area contributed by atoms with Gasteiger partial charge in [0.1, 0.15) is 17.5 Å². The molecule has 0 amide bonds. The van der Waals surface area contributed by atoms with E-state index in [4.69, 9.17) is 9.47 Å². The molecule has 4 heterocycles. The molecule has 0 bridgehead atoms. The summed E-state index contributed by atoms with van der Waals surface area (Å²) in [4.78, 5) is 7.70. The molecule has 3 saturated heterocycles. The average Bonchev–Trinajstić information content (AvgIpc) is 3.33. The van der Waals surface area contributed by atoms with Gasteiger partial charge in [-0.25, -0.2) is 0 Å². The summed E-state index contributed by atoms with van der Waals surface area (Å²) in [6, 6.07) is 1.38. The van der Waals surface area contributed by atoms with Crippen molar-refractivity contribution >= 4 is 21.7 Å². The maximum absolute atomic E-state index is 14.3. The van der Waals surface area contributed by atoms with Gasteiger partial charge in [0.05, 0.1) is 13.2 Å². The van der Waals surface area contributed by atoms with Crippen molar-refractivity contribution in [2.75, 3.05) is 62.3 Å². The second-order valence-electron chi connectivity index (χ2n) is 10.6. The van der Waals surface area contributed by atoms with Gasteiger partial charge in [-0.05, 0) is 40.5 Å². The highest BCUT2D eigenvalue weighted by molar-refractivity contribution is 7.86. The quantitative estimate of drug-likeness (QED) is 0.574. The van der Waals surface area contributed by atoms with Gasteiger partial charge in [-0.3, -0.25) is 0 Å². The Balaban J connectivity index is 1.68. The molecule has 3 fully saturated rings. The van der Waals surface area contributed by atoms with Crippen LogP contribution in [-0.4, -0.2) is 98.4 Å². The molecule has 0 aromatic carbocycles. The number of morpholine rings is 1. The van der Waals surface area contributed by atoms with Crippen LogP contribution in [0, 0.1) is 0 Å². The minimum atomic E-state index is -4.66. The van der Waals surface area contributed by atoms with Crippen molar-refractivity contribution in [3.05, 3.63) is 12.1 Å². The normalized spacial score (nSPS) is 25.4. The molecule has 2 atom stereocenters. The van der Waals surface area contributed by atoms with E-state index in [9.17, 15) is 21.6 Å². The molecule has 13 heteroatoms. The third-order valence-electron chi connectivity index (χ3n) is 6.62. The summed E-state index contributed by atoms with van der Waals surface area (Å²) < 4.78 is 82.8. The maximum Gasteiger partial charge on any atom is 0.410 e. The third-order valence-corrected chi connectivity index (χ3v) is 8.62. The molecule has 4 rings (SSSR count). The van der Waals surface area contributed by atoms with Crippen LogP contribution >= 0.6 is 0 Å². The Hall–Kier alpha value is -1.83. The summed E-state index contributed by atoms with van der Waals surface area (Å²) >= 11 is 0. The van der Waals surface area contributed by atoms with E-state index < -0.39 is 34.6 Å². The molecule has 9 nitrogen and oxygen atoms in total. The average molecular weight is 536 g/mol. The molecule has 0 radical (unpaired) electrons. The largest absolute Gasteiger partial charge is 0.472 e. The molecular weight excluding hydrogens is 499 g/mol. The number of hydrogen-bond acceptors (Lipinski definition) is 7. The monoisotopic (exact) mass is 535 g/mol. The number of hydrogen-bond donors (Lipinski definition) is 0. The van der Waals surface area contributed by atoms with Gasteiger partial charge in [-0.2, -0.15) is 35.2 Å². The summed E-state index contributed by atoms with van der Waals surface area (Å²) in [6.07, 6.45) is -3.22. The van der Waals surface area contributed by atoms with Crippen LogP contribution < -0.4 is 14.5 Å². The second-order valence-corrected chi connectivity index (χ2v) is 12.5. The van der Waals surface area contributed by atoms with E-state index >= 15 is 0 Å². The lowest BCUT2D eigenvalue weighted by atomic mass is 10.1. The number of rotatable bonds is 5. The Morgan fingerprint density at radius 2 is 1.69 bits per heavy atom. The van der Waals surface area contributed by atoms with E-state index in [1.165, 1.54) is 9.21 Å². The minimum absolute atomic E-state index is 0.0253. The van der Waals surface area contributed by atoms with Crippen LogP contribution in [0.25, 0.3) is 0 Å². The van der Waals surface area contributed by atoms with Gasteiger partial charge >= 0.3 is 6.18 Å². The number of ether oxygens (including phenoxy) is 2. The second kappa shape index (κ2) is 10.1. The summed E-state index contributed by atoms with van der Waals surface area (Å²) in [6.45, 7) is 8.94. The van der Waals surface area contributed by atoms with Gasteiger partial charge in [0, 0.05) is 63.1 Å². The Kier molecular flexibility index (Phi) is 7.67. The van der Waals surface area contributed by atoms with Gasteiger partial charge in [0.2, 0.25) is 5.88 Å². The first kappa shape index (κ1) is 27.2. The standard InChI is InChI=1S/C23H36F3N5O4S/c1-17-16-34-12-11-30(17)18-13-20(27-21(14-18)35-22(2,3)4)31-10-9-29(15-19(31)23(24,25)26)36(32,33)28-7-5-6-8-28/h13-14,17,19H,5-12,15-16H2,1-4H3/t17-,19?/m1/s1. The number of pyridine rings is 1. The van der Waals surface area contributed by atoms with Gasteiger partial charge in [0.15, 0.2) is 0 Å². The maximum atomic E-state index is 14.3. The SMILES string of the molecule is C[C@@H]1COCCN1c1cc(OC(C)(C)C)nc(N2CCN(S(=O)(=O)N3CCCC3)CC2C(F)(F)F)c1. The van der Waals surface area contributed by atoms with E-state index in [0.717, 1.165) is 17.1 Å². The lowest BCUT2D eigenvalue weighted by Crippen LogP contribution is -2.62. The highest BCUT2D eigenvalue weighted by atomic mass is 32.2. The predicted octanol–water partition coefficient (Wildman–Crippen LogP) is 2.88. The van der Waals surface area contributed by atoms with Crippen molar-refractivity contribution in [2.45, 2.75) is 64.4 Å². The predicted molar refractivity (Wildman–Crippen MR) is 131 cm³/mol. The molecule has 204 valence electrons. The van der Waals surface area contributed by atoms with E-state index in [1.807, 2.05) is 27.7 Å². The first-order valence-corrected chi connectivity index (χ1v) is 13.8. The molecule has 1 aromatic heterocycles. The first-order valence-electron chi connectivity index (χ1n) is 12.4. The highest BCUT2D eigenvalue weighted by Crippen LogP contribution is 2.36. The fraction of sp³-hybridized carbons (Fsp3) is 0.783. The Labute approximate surface area is 211 Å². The number of alkyl halides is 3. The molecule has 0 N–H and O–H groups in total. The molecule has 3 aliphatic heterocycles.